The molecule has 1 saturated carbocycles. The number of cyclic esters (lactones) is 1. The molecule has 5 rings (SSSR count). The largest absolute Gasteiger partial charge is 0.460 e. The lowest BCUT2D eigenvalue weighted by molar-refractivity contribution is -0.146. The molecule has 2 fully saturated rings. The van der Waals surface area contributed by atoms with E-state index < -0.39 is 5.54 Å². The Balaban J connectivity index is 1.43. The molecular weight excluding hydrogens is 476 g/mol. The van der Waals surface area contributed by atoms with Crippen LogP contribution in [0.5, 0.6) is 0 Å². The number of carbonyl (C=O) groups is 2. The van der Waals surface area contributed by atoms with Crippen molar-refractivity contribution in [1.82, 2.24) is 15.3 Å². The SMILES string of the molecule is CC1C[C@@]2(NC(=O)c3cccnc3)C(=O)O[C@H](C)[C@H]2C(/C=C/c2ccc(-c3ccccc3C#N)cn2)C1C. The van der Waals surface area contributed by atoms with Gasteiger partial charge in [-0.3, -0.25) is 14.8 Å². The zero-order valence-corrected chi connectivity index (χ0v) is 21.7. The Morgan fingerprint density at radius 1 is 1.13 bits per heavy atom. The summed E-state index contributed by atoms with van der Waals surface area (Å²) in [6.07, 6.45) is 9.13. The number of hydrogen-bond acceptors (Lipinski definition) is 6. The number of ether oxygens (including phenoxy) is 1. The summed E-state index contributed by atoms with van der Waals surface area (Å²) in [5, 5.41) is 12.5. The first-order chi connectivity index (χ1) is 18.3. The number of amides is 1. The van der Waals surface area contributed by atoms with Crippen LogP contribution in [0.2, 0.25) is 0 Å². The van der Waals surface area contributed by atoms with Crippen molar-refractivity contribution < 1.29 is 14.3 Å². The molecule has 0 radical (unpaired) electrons. The summed E-state index contributed by atoms with van der Waals surface area (Å²) in [6.45, 7) is 6.22. The first kappa shape index (κ1) is 25.3. The van der Waals surface area contributed by atoms with Crippen LogP contribution in [-0.4, -0.2) is 33.5 Å². The van der Waals surface area contributed by atoms with Crippen molar-refractivity contribution in [1.29, 1.82) is 5.26 Å². The topological polar surface area (TPSA) is 105 Å². The molecule has 2 aromatic heterocycles. The van der Waals surface area contributed by atoms with Crippen LogP contribution < -0.4 is 5.32 Å². The maximum absolute atomic E-state index is 13.3. The highest BCUT2D eigenvalue weighted by atomic mass is 16.6. The van der Waals surface area contributed by atoms with Crippen LogP contribution in [0.1, 0.15) is 48.8 Å². The first-order valence-corrected chi connectivity index (χ1v) is 12.9. The van der Waals surface area contributed by atoms with E-state index in [0.29, 0.717) is 17.5 Å². The number of aromatic nitrogens is 2. The number of rotatable bonds is 5. The van der Waals surface area contributed by atoms with Gasteiger partial charge in [0, 0.05) is 35.6 Å². The molecule has 6 atom stereocenters. The maximum atomic E-state index is 13.3. The number of carbonyl (C=O) groups excluding carboxylic acids is 2. The van der Waals surface area contributed by atoms with Gasteiger partial charge in [-0.25, -0.2) is 4.79 Å². The molecule has 1 amide bonds. The van der Waals surface area contributed by atoms with Gasteiger partial charge in [0.15, 0.2) is 0 Å². The first-order valence-electron chi connectivity index (χ1n) is 12.9. The summed E-state index contributed by atoms with van der Waals surface area (Å²) in [5.74, 6) is -0.504. The molecule has 3 unspecified atom stereocenters. The van der Waals surface area contributed by atoms with Crippen LogP contribution in [0, 0.1) is 35.0 Å². The minimum Gasteiger partial charge on any atom is -0.460 e. The average molecular weight is 507 g/mol. The summed E-state index contributed by atoms with van der Waals surface area (Å²) in [4.78, 5) is 35.1. The van der Waals surface area contributed by atoms with Gasteiger partial charge in [0.1, 0.15) is 11.6 Å². The molecule has 1 aromatic carbocycles. The number of allylic oxidation sites excluding steroid dienone is 1. The van der Waals surface area contributed by atoms with E-state index in [9.17, 15) is 14.9 Å². The molecular formula is C31H30N4O3. The lowest BCUT2D eigenvalue weighted by Gasteiger charge is -2.47. The van der Waals surface area contributed by atoms with E-state index in [4.69, 9.17) is 4.74 Å². The third-order valence-corrected chi connectivity index (χ3v) is 8.19. The third kappa shape index (κ3) is 4.47. The predicted molar refractivity (Wildman–Crippen MR) is 143 cm³/mol. The van der Waals surface area contributed by atoms with Crippen molar-refractivity contribution >= 4 is 18.0 Å². The minimum absolute atomic E-state index is 0.0183. The predicted octanol–water partition coefficient (Wildman–Crippen LogP) is 5.05. The van der Waals surface area contributed by atoms with Gasteiger partial charge in [-0.05, 0) is 61.4 Å². The summed E-state index contributed by atoms with van der Waals surface area (Å²) in [6, 6.07) is 17.0. The zero-order chi connectivity index (χ0) is 26.9. The van der Waals surface area contributed by atoms with Gasteiger partial charge in [0.2, 0.25) is 0 Å². The molecule has 1 aliphatic carbocycles. The number of nitrogens with zero attached hydrogens (tertiary/aromatic N) is 3. The Kier molecular flexibility index (Phi) is 6.81. The standard InChI is InChI=1S/C31H30N4O3/c1-19-15-31(35-29(36)24-8-6-14-33-17-24)28(21(3)38-30(31)37)26(20(19)2)13-12-25-11-10-23(18-34-25)27-9-5-4-7-22(27)16-32/h4-14,17-21,26,28H,15H2,1-3H3,(H,35,36)/b13-12+/t19?,20?,21-,26?,28+,31+/m1/s1. The second-order valence-electron chi connectivity index (χ2n) is 10.4. The van der Waals surface area contributed by atoms with Crippen molar-refractivity contribution in [2.45, 2.75) is 38.8 Å². The molecule has 2 aliphatic rings. The Hall–Kier alpha value is -4.31. The van der Waals surface area contributed by atoms with Gasteiger partial charge in [0.05, 0.1) is 22.9 Å². The van der Waals surface area contributed by atoms with Crippen LogP contribution >= 0.6 is 0 Å². The highest BCUT2D eigenvalue weighted by Crippen LogP contribution is 2.51. The monoisotopic (exact) mass is 506 g/mol. The summed E-state index contributed by atoms with van der Waals surface area (Å²) < 4.78 is 5.77. The van der Waals surface area contributed by atoms with Gasteiger partial charge in [-0.15, -0.1) is 0 Å². The fourth-order valence-electron chi connectivity index (χ4n) is 6.10. The van der Waals surface area contributed by atoms with Crippen LogP contribution in [-0.2, 0) is 9.53 Å². The van der Waals surface area contributed by atoms with E-state index in [1.165, 1.54) is 6.20 Å². The van der Waals surface area contributed by atoms with Gasteiger partial charge >= 0.3 is 5.97 Å². The molecule has 7 nitrogen and oxygen atoms in total. The molecule has 1 aliphatic heterocycles. The number of nitrogens with one attached hydrogen (secondary N) is 1. The molecule has 192 valence electrons. The summed E-state index contributed by atoms with van der Waals surface area (Å²) in [5.41, 5.74) is 2.40. The van der Waals surface area contributed by atoms with Crippen LogP contribution in [0.3, 0.4) is 0 Å². The number of benzene rings is 1. The molecule has 38 heavy (non-hydrogen) atoms. The Morgan fingerprint density at radius 3 is 2.66 bits per heavy atom. The van der Waals surface area contributed by atoms with E-state index in [1.807, 2.05) is 43.3 Å². The number of esters is 1. The van der Waals surface area contributed by atoms with Crippen molar-refractivity contribution in [3.8, 4) is 17.2 Å². The smallest absolute Gasteiger partial charge is 0.332 e. The Bertz CT molecular complexity index is 1410. The zero-order valence-electron chi connectivity index (χ0n) is 21.7. The van der Waals surface area contributed by atoms with Crippen molar-refractivity contribution in [3.05, 3.63) is 90.0 Å². The number of pyridine rings is 2. The minimum atomic E-state index is -1.11. The van der Waals surface area contributed by atoms with Crippen LogP contribution in [0.4, 0.5) is 0 Å². The maximum Gasteiger partial charge on any atom is 0.332 e. The van der Waals surface area contributed by atoms with Crippen LogP contribution in [0.25, 0.3) is 17.2 Å². The van der Waals surface area contributed by atoms with E-state index in [0.717, 1.165) is 16.8 Å². The molecule has 0 spiro atoms. The number of fused-ring (bicyclic) bond motifs is 1. The van der Waals surface area contributed by atoms with Crippen molar-refractivity contribution in [2.24, 2.45) is 23.7 Å². The van der Waals surface area contributed by atoms with Crippen LogP contribution in [0.15, 0.2) is 73.2 Å². The summed E-state index contributed by atoms with van der Waals surface area (Å²) in [7, 11) is 0. The average Bonchev–Trinajstić information content (AvgIpc) is 3.18. The third-order valence-electron chi connectivity index (χ3n) is 8.19. The number of hydrogen-bond donors (Lipinski definition) is 1. The molecule has 3 heterocycles. The quantitative estimate of drug-likeness (QED) is 0.486. The molecule has 0 bridgehead atoms. The van der Waals surface area contributed by atoms with Crippen molar-refractivity contribution in [3.63, 3.8) is 0 Å². The lowest BCUT2D eigenvalue weighted by atomic mass is 9.58. The fraction of sp³-hybridized carbons (Fsp3) is 0.323. The highest BCUT2D eigenvalue weighted by molar-refractivity contribution is 5.98. The van der Waals surface area contributed by atoms with Gasteiger partial charge in [-0.1, -0.05) is 44.2 Å². The van der Waals surface area contributed by atoms with Gasteiger partial charge in [-0.2, -0.15) is 5.26 Å². The van der Waals surface area contributed by atoms with E-state index in [2.05, 4.69) is 41.3 Å². The fourth-order valence-corrected chi connectivity index (χ4v) is 6.10. The highest BCUT2D eigenvalue weighted by Gasteiger charge is 2.63. The molecule has 1 saturated heterocycles. The number of nitriles is 1. The van der Waals surface area contributed by atoms with E-state index in [-0.39, 0.29) is 41.7 Å². The second kappa shape index (κ2) is 10.2. The van der Waals surface area contributed by atoms with Gasteiger partial charge < -0.3 is 10.1 Å². The van der Waals surface area contributed by atoms with E-state index in [1.54, 1.807) is 30.6 Å². The molecule has 7 heteroatoms. The lowest BCUT2D eigenvalue weighted by Crippen LogP contribution is -2.63. The molecule has 1 N–H and O–H groups in total. The van der Waals surface area contributed by atoms with Gasteiger partial charge in [0.25, 0.3) is 5.91 Å². The normalized spacial score (nSPS) is 28.4. The molecule has 3 aromatic rings. The summed E-state index contributed by atoms with van der Waals surface area (Å²) >= 11 is 0. The second-order valence-corrected chi connectivity index (χ2v) is 10.4. The Morgan fingerprint density at radius 2 is 1.95 bits per heavy atom. The van der Waals surface area contributed by atoms with Crippen molar-refractivity contribution in [2.75, 3.05) is 0 Å². The Labute approximate surface area is 222 Å². The van der Waals surface area contributed by atoms with E-state index >= 15 is 0 Å².